The van der Waals surface area contributed by atoms with Crippen LogP contribution in [0.25, 0.3) is 0 Å². The Balaban J connectivity index is 1.93. The van der Waals surface area contributed by atoms with Crippen LogP contribution in [0.2, 0.25) is 0 Å². The van der Waals surface area contributed by atoms with Gasteiger partial charge in [-0.2, -0.15) is 0 Å². The maximum atomic E-state index is 13.6. The van der Waals surface area contributed by atoms with Crippen molar-refractivity contribution >= 4 is 21.6 Å². The SMILES string of the molecule is CN1CCCC(CNc2c(F)cccc2Br)C1. The van der Waals surface area contributed by atoms with Crippen LogP contribution in [0.15, 0.2) is 22.7 Å². The molecule has 1 fully saturated rings. The highest BCUT2D eigenvalue weighted by Crippen LogP contribution is 2.26. The summed E-state index contributed by atoms with van der Waals surface area (Å²) in [4.78, 5) is 2.34. The van der Waals surface area contributed by atoms with Crippen LogP contribution < -0.4 is 5.32 Å². The molecular weight excluding hydrogens is 283 g/mol. The minimum atomic E-state index is -0.191. The molecule has 0 aromatic heterocycles. The van der Waals surface area contributed by atoms with Gasteiger partial charge in [-0.15, -0.1) is 0 Å². The molecule has 1 heterocycles. The Morgan fingerprint density at radius 2 is 2.35 bits per heavy atom. The summed E-state index contributed by atoms with van der Waals surface area (Å²) in [5, 5.41) is 3.22. The van der Waals surface area contributed by atoms with Gasteiger partial charge >= 0.3 is 0 Å². The van der Waals surface area contributed by atoms with Crippen molar-refractivity contribution in [1.82, 2.24) is 4.90 Å². The van der Waals surface area contributed by atoms with Crippen LogP contribution in [0.1, 0.15) is 12.8 Å². The van der Waals surface area contributed by atoms with Crippen molar-refractivity contribution in [2.45, 2.75) is 12.8 Å². The van der Waals surface area contributed by atoms with Crippen LogP contribution in [0.4, 0.5) is 10.1 Å². The molecule has 0 bridgehead atoms. The number of nitrogens with one attached hydrogen (secondary N) is 1. The van der Waals surface area contributed by atoms with Crippen LogP contribution >= 0.6 is 15.9 Å². The average molecular weight is 301 g/mol. The number of benzene rings is 1. The Bertz CT molecular complexity index is 363. The van der Waals surface area contributed by atoms with E-state index in [-0.39, 0.29) is 5.82 Å². The summed E-state index contributed by atoms with van der Waals surface area (Å²) in [6, 6.07) is 5.05. The number of para-hydroxylation sites is 1. The first-order valence-corrected chi connectivity index (χ1v) is 6.82. The fraction of sp³-hybridized carbons (Fsp3) is 0.538. The Labute approximate surface area is 110 Å². The van der Waals surface area contributed by atoms with Gasteiger partial charge in [-0.25, -0.2) is 4.39 Å². The molecule has 1 aromatic carbocycles. The highest BCUT2D eigenvalue weighted by Gasteiger charge is 2.17. The van der Waals surface area contributed by atoms with Crippen LogP contribution in [0.3, 0.4) is 0 Å². The van der Waals surface area contributed by atoms with E-state index in [1.165, 1.54) is 25.5 Å². The quantitative estimate of drug-likeness (QED) is 0.921. The molecule has 1 aromatic rings. The summed E-state index contributed by atoms with van der Waals surface area (Å²) < 4.78 is 14.4. The predicted molar refractivity (Wildman–Crippen MR) is 72.8 cm³/mol. The van der Waals surface area contributed by atoms with Crippen LogP contribution in [0, 0.1) is 11.7 Å². The second-order valence-corrected chi connectivity index (χ2v) is 5.60. The van der Waals surface area contributed by atoms with E-state index in [0.29, 0.717) is 11.6 Å². The van der Waals surface area contributed by atoms with Gasteiger partial charge in [0.25, 0.3) is 0 Å². The van der Waals surface area contributed by atoms with E-state index in [4.69, 9.17) is 0 Å². The molecule has 0 saturated carbocycles. The van der Waals surface area contributed by atoms with Gasteiger partial charge in [-0.1, -0.05) is 6.07 Å². The molecular formula is C13H18BrFN2. The second kappa shape index (κ2) is 5.83. The van der Waals surface area contributed by atoms with E-state index in [0.717, 1.165) is 17.6 Å². The van der Waals surface area contributed by atoms with Crippen molar-refractivity contribution in [3.63, 3.8) is 0 Å². The van der Waals surface area contributed by atoms with Crippen molar-refractivity contribution in [3.8, 4) is 0 Å². The molecule has 0 radical (unpaired) electrons. The van der Waals surface area contributed by atoms with Crippen molar-refractivity contribution < 1.29 is 4.39 Å². The summed E-state index contributed by atoms with van der Waals surface area (Å²) in [5.41, 5.74) is 0.584. The smallest absolute Gasteiger partial charge is 0.147 e. The molecule has 0 amide bonds. The third kappa shape index (κ3) is 3.42. The van der Waals surface area contributed by atoms with E-state index in [1.54, 1.807) is 6.07 Å². The molecule has 4 heteroatoms. The summed E-state index contributed by atoms with van der Waals surface area (Å²) in [6.07, 6.45) is 2.46. The van der Waals surface area contributed by atoms with Gasteiger partial charge in [0.1, 0.15) is 5.82 Å². The summed E-state index contributed by atoms with van der Waals surface area (Å²) >= 11 is 3.37. The third-order valence-corrected chi connectivity index (χ3v) is 3.91. The molecule has 0 spiro atoms. The summed E-state index contributed by atoms with van der Waals surface area (Å²) in [6.45, 7) is 3.11. The van der Waals surface area contributed by atoms with Gasteiger partial charge in [-0.05, 0) is 60.4 Å². The van der Waals surface area contributed by atoms with Gasteiger partial charge in [-0.3, -0.25) is 0 Å². The van der Waals surface area contributed by atoms with E-state index >= 15 is 0 Å². The van der Waals surface area contributed by atoms with Crippen LogP contribution in [0.5, 0.6) is 0 Å². The molecule has 0 aliphatic carbocycles. The molecule has 94 valence electrons. The standard InChI is InChI=1S/C13H18BrFN2/c1-17-7-3-4-10(9-17)8-16-13-11(14)5-2-6-12(13)15/h2,5-6,10,16H,3-4,7-9H2,1H3. The zero-order valence-electron chi connectivity index (χ0n) is 10.0. The predicted octanol–water partition coefficient (Wildman–Crippen LogP) is 3.34. The highest BCUT2D eigenvalue weighted by molar-refractivity contribution is 9.10. The van der Waals surface area contributed by atoms with E-state index in [2.05, 4.69) is 33.2 Å². The number of halogens is 2. The molecule has 17 heavy (non-hydrogen) atoms. The monoisotopic (exact) mass is 300 g/mol. The lowest BCUT2D eigenvalue weighted by Gasteiger charge is -2.30. The fourth-order valence-electron chi connectivity index (χ4n) is 2.35. The van der Waals surface area contributed by atoms with Gasteiger partial charge in [0.15, 0.2) is 0 Å². The minimum absolute atomic E-state index is 0.191. The number of piperidine rings is 1. The van der Waals surface area contributed by atoms with Crippen molar-refractivity contribution in [2.24, 2.45) is 5.92 Å². The Morgan fingerprint density at radius 1 is 1.53 bits per heavy atom. The van der Waals surface area contributed by atoms with Gasteiger partial charge < -0.3 is 10.2 Å². The van der Waals surface area contributed by atoms with Crippen LogP contribution in [-0.4, -0.2) is 31.6 Å². The molecule has 1 N–H and O–H groups in total. The molecule has 1 unspecified atom stereocenters. The first-order chi connectivity index (χ1) is 8.16. The molecule has 1 aliphatic rings. The van der Waals surface area contributed by atoms with Gasteiger partial charge in [0.05, 0.1) is 5.69 Å². The molecule has 1 aliphatic heterocycles. The molecule has 1 atom stereocenters. The number of hydrogen-bond donors (Lipinski definition) is 1. The fourth-order valence-corrected chi connectivity index (χ4v) is 2.84. The minimum Gasteiger partial charge on any atom is -0.381 e. The van der Waals surface area contributed by atoms with E-state index in [1.807, 2.05) is 6.07 Å². The largest absolute Gasteiger partial charge is 0.381 e. The molecule has 2 rings (SSSR count). The Morgan fingerprint density at radius 3 is 3.06 bits per heavy atom. The maximum Gasteiger partial charge on any atom is 0.147 e. The first kappa shape index (κ1) is 12.8. The average Bonchev–Trinajstić information content (AvgIpc) is 2.28. The number of rotatable bonds is 3. The Hall–Kier alpha value is -0.610. The first-order valence-electron chi connectivity index (χ1n) is 6.03. The number of anilines is 1. The topological polar surface area (TPSA) is 15.3 Å². The molecule has 1 saturated heterocycles. The zero-order valence-corrected chi connectivity index (χ0v) is 11.6. The number of likely N-dealkylation sites (tertiary alicyclic amines) is 1. The lowest BCUT2D eigenvalue weighted by Crippen LogP contribution is -2.35. The summed E-state index contributed by atoms with van der Waals surface area (Å²) in [5.74, 6) is 0.420. The van der Waals surface area contributed by atoms with Crippen molar-refractivity contribution in [2.75, 3.05) is 32.0 Å². The lowest BCUT2D eigenvalue weighted by atomic mass is 9.98. The third-order valence-electron chi connectivity index (χ3n) is 3.25. The van der Waals surface area contributed by atoms with Crippen LogP contribution in [-0.2, 0) is 0 Å². The molecule has 2 nitrogen and oxygen atoms in total. The van der Waals surface area contributed by atoms with Gasteiger partial charge in [0, 0.05) is 17.6 Å². The number of hydrogen-bond acceptors (Lipinski definition) is 2. The van der Waals surface area contributed by atoms with E-state index < -0.39 is 0 Å². The lowest BCUT2D eigenvalue weighted by molar-refractivity contribution is 0.217. The second-order valence-electron chi connectivity index (χ2n) is 4.75. The van der Waals surface area contributed by atoms with E-state index in [9.17, 15) is 4.39 Å². The Kier molecular flexibility index (Phi) is 4.40. The van der Waals surface area contributed by atoms with Gasteiger partial charge in [0.2, 0.25) is 0 Å². The zero-order chi connectivity index (χ0) is 12.3. The van der Waals surface area contributed by atoms with Crippen molar-refractivity contribution in [1.29, 1.82) is 0 Å². The highest BCUT2D eigenvalue weighted by atomic mass is 79.9. The van der Waals surface area contributed by atoms with Crippen molar-refractivity contribution in [3.05, 3.63) is 28.5 Å². The maximum absolute atomic E-state index is 13.6. The normalized spacial score (nSPS) is 21.5. The summed E-state index contributed by atoms with van der Waals surface area (Å²) in [7, 11) is 2.14. The number of nitrogens with zero attached hydrogens (tertiary/aromatic N) is 1.